The van der Waals surface area contributed by atoms with Gasteiger partial charge in [-0.25, -0.2) is 9.78 Å². The van der Waals surface area contributed by atoms with Gasteiger partial charge in [0, 0.05) is 38.7 Å². The number of piperidine rings is 1. The number of carbonyl (C=O) groups is 1. The van der Waals surface area contributed by atoms with E-state index >= 15 is 0 Å². The van der Waals surface area contributed by atoms with Gasteiger partial charge in [0.2, 0.25) is 0 Å². The van der Waals surface area contributed by atoms with Crippen LogP contribution in [0.15, 0.2) is 33.9 Å². The van der Waals surface area contributed by atoms with E-state index in [2.05, 4.69) is 9.97 Å². The van der Waals surface area contributed by atoms with Gasteiger partial charge in [-0.05, 0) is 38.0 Å². The first-order chi connectivity index (χ1) is 14.4. The molecule has 1 aliphatic heterocycles. The number of aromatic nitrogens is 4. The van der Waals surface area contributed by atoms with Crippen LogP contribution in [0, 0.1) is 0 Å². The number of aryl methyl sites for hydroxylation is 1. The van der Waals surface area contributed by atoms with Crippen LogP contribution in [0.2, 0.25) is 0 Å². The highest BCUT2D eigenvalue weighted by Crippen LogP contribution is 2.28. The van der Waals surface area contributed by atoms with Gasteiger partial charge < -0.3 is 14.6 Å². The van der Waals surface area contributed by atoms with Crippen molar-refractivity contribution >= 4 is 17.1 Å². The zero-order chi connectivity index (χ0) is 21.4. The molecule has 9 nitrogen and oxygen atoms in total. The summed E-state index contributed by atoms with van der Waals surface area (Å²) in [6.45, 7) is 3.65. The van der Waals surface area contributed by atoms with Crippen molar-refractivity contribution in [2.24, 2.45) is 14.1 Å². The summed E-state index contributed by atoms with van der Waals surface area (Å²) in [5.41, 5.74) is 0.528. The normalized spacial score (nSPS) is 15.0. The van der Waals surface area contributed by atoms with Crippen molar-refractivity contribution in [1.29, 1.82) is 0 Å². The van der Waals surface area contributed by atoms with E-state index < -0.39 is 5.69 Å². The molecule has 4 rings (SSSR count). The summed E-state index contributed by atoms with van der Waals surface area (Å²) < 4.78 is 7.94. The van der Waals surface area contributed by atoms with E-state index in [1.54, 1.807) is 19.2 Å². The van der Waals surface area contributed by atoms with Crippen LogP contribution in [0.25, 0.3) is 11.2 Å². The van der Waals surface area contributed by atoms with Crippen molar-refractivity contribution in [3.05, 3.63) is 56.5 Å². The number of likely N-dealkylation sites (tertiary alicyclic amines) is 1. The molecule has 0 unspecified atom stereocenters. The molecule has 158 valence electrons. The number of hydrogen-bond donors (Lipinski definition) is 1. The minimum Gasteiger partial charge on any atom is -0.494 e. The van der Waals surface area contributed by atoms with Crippen LogP contribution in [0.4, 0.5) is 0 Å². The highest BCUT2D eigenvalue weighted by molar-refractivity contribution is 5.94. The number of ether oxygens (including phenoxy) is 1. The highest BCUT2D eigenvalue weighted by Gasteiger charge is 2.27. The summed E-state index contributed by atoms with van der Waals surface area (Å²) >= 11 is 0. The molecule has 1 aromatic carbocycles. The molecule has 2 aromatic heterocycles. The van der Waals surface area contributed by atoms with Gasteiger partial charge in [-0.15, -0.1) is 0 Å². The molecule has 1 aliphatic rings. The van der Waals surface area contributed by atoms with Crippen molar-refractivity contribution in [3.8, 4) is 5.75 Å². The lowest BCUT2D eigenvalue weighted by Crippen LogP contribution is -2.38. The number of aromatic amines is 1. The molecule has 1 fully saturated rings. The monoisotopic (exact) mass is 411 g/mol. The quantitative estimate of drug-likeness (QED) is 0.699. The minimum atomic E-state index is -0.403. The fourth-order valence-electron chi connectivity index (χ4n) is 3.96. The molecule has 3 aromatic rings. The number of H-pyrrole nitrogens is 1. The third-order valence-electron chi connectivity index (χ3n) is 5.67. The van der Waals surface area contributed by atoms with Crippen LogP contribution in [0.1, 0.15) is 41.9 Å². The fraction of sp³-hybridized carbons (Fsp3) is 0.429. The van der Waals surface area contributed by atoms with E-state index in [0.29, 0.717) is 48.0 Å². The smallest absolute Gasteiger partial charge is 0.332 e. The predicted molar refractivity (Wildman–Crippen MR) is 112 cm³/mol. The van der Waals surface area contributed by atoms with E-state index in [9.17, 15) is 14.4 Å². The Labute approximate surface area is 172 Å². The molecule has 0 spiro atoms. The van der Waals surface area contributed by atoms with Crippen molar-refractivity contribution in [2.75, 3.05) is 19.7 Å². The van der Waals surface area contributed by atoms with E-state index in [4.69, 9.17) is 4.74 Å². The molecule has 30 heavy (non-hydrogen) atoms. The number of amides is 1. The number of nitrogens with zero attached hydrogens (tertiary/aromatic N) is 4. The van der Waals surface area contributed by atoms with Gasteiger partial charge in [0.05, 0.1) is 6.61 Å². The lowest BCUT2D eigenvalue weighted by molar-refractivity contribution is 0.0711. The van der Waals surface area contributed by atoms with E-state index in [1.165, 1.54) is 11.6 Å². The lowest BCUT2D eigenvalue weighted by Gasteiger charge is -2.31. The van der Waals surface area contributed by atoms with Crippen molar-refractivity contribution in [2.45, 2.75) is 25.7 Å². The Balaban J connectivity index is 1.51. The number of fused-ring (bicyclic) bond motifs is 1. The van der Waals surface area contributed by atoms with Gasteiger partial charge in [0.1, 0.15) is 17.1 Å². The van der Waals surface area contributed by atoms with Gasteiger partial charge in [-0.3, -0.25) is 18.7 Å². The standard InChI is InChI=1S/C21H25N5O4/c1-4-30-15-7-5-6-14(12-15)19(27)26-10-8-13(9-11-26)17-22-16-18(23-17)24(2)21(29)25(3)20(16)28/h5-7,12-13H,4,8-11H2,1-3H3,(H,22,23). The van der Waals surface area contributed by atoms with Crippen molar-refractivity contribution in [3.63, 3.8) is 0 Å². The second-order valence-corrected chi connectivity index (χ2v) is 7.55. The minimum absolute atomic E-state index is 0.0177. The number of hydrogen-bond acceptors (Lipinski definition) is 5. The van der Waals surface area contributed by atoms with Gasteiger partial charge in [0.25, 0.3) is 11.5 Å². The van der Waals surface area contributed by atoms with Gasteiger partial charge in [-0.2, -0.15) is 0 Å². The fourth-order valence-corrected chi connectivity index (χ4v) is 3.96. The Morgan fingerprint density at radius 1 is 1.20 bits per heavy atom. The van der Waals surface area contributed by atoms with Gasteiger partial charge >= 0.3 is 5.69 Å². The lowest BCUT2D eigenvalue weighted by atomic mass is 9.95. The zero-order valence-corrected chi connectivity index (χ0v) is 17.3. The van der Waals surface area contributed by atoms with Crippen molar-refractivity contribution in [1.82, 2.24) is 24.0 Å². The topological polar surface area (TPSA) is 102 Å². The average molecular weight is 411 g/mol. The summed E-state index contributed by atoms with van der Waals surface area (Å²) in [6.07, 6.45) is 1.45. The predicted octanol–water partition coefficient (Wildman–Crippen LogP) is 1.38. The summed E-state index contributed by atoms with van der Waals surface area (Å²) in [5, 5.41) is 0. The maximum absolute atomic E-state index is 12.9. The Bertz CT molecular complexity index is 1210. The Morgan fingerprint density at radius 3 is 2.63 bits per heavy atom. The molecule has 0 saturated carbocycles. The summed E-state index contributed by atoms with van der Waals surface area (Å²) in [6, 6.07) is 7.23. The second kappa shape index (κ2) is 7.81. The summed E-state index contributed by atoms with van der Waals surface area (Å²) in [7, 11) is 3.06. The first-order valence-electron chi connectivity index (χ1n) is 10.1. The van der Waals surface area contributed by atoms with E-state index in [1.807, 2.05) is 24.0 Å². The van der Waals surface area contributed by atoms with Crippen LogP contribution in [-0.2, 0) is 14.1 Å². The molecule has 0 bridgehead atoms. The number of carbonyl (C=O) groups excluding carboxylic acids is 1. The van der Waals surface area contributed by atoms with Crippen LogP contribution < -0.4 is 16.0 Å². The maximum Gasteiger partial charge on any atom is 0.332 e. The number of nitrogens with one attached hydrogen (secondary N) is 1. The summed E-state index contributed by atoms with van der Waals surface area (Å²) in [5.74, 6) is 1.45. The molecule has 9 heteroatoms. The van der Waals surface area contributed by atoms with Crippen LogP contribution in [0.5, 0.6) is 5.75 Å². The molecule has 3 heterocycles. The van der Waals surface area contributed by atoms with Crippen LogP contribution in [0.3, 0.4) is 0 Å². The Hall–Kier alpha value is -3.36. The third-order valence-corrected chi connectivity index (χ3v) is 5.67. The SMILES string of the molecule is CCOc1cccc(C(=O)N2CCC(c3nc4c([nH]3)c(=O)n(C)c(=O)n4C)CC2)c1. The Morgan fingerprint density at radius 2 is 1.93 bits per heavy atom. The summed E-state index contributed by atoms with van der Waals surface area (Å²) in [4.78, 5) is 46.9. The molecule has 1 N–H and O–H groups in total. The molecular formula is C21H25N5O4. The number of rotatable bonds is 4. The molecular weight excluding hydrogens is 386 g/mol. The first kappa shape index (κ1) is 19.9. The second-order valence-electron chi connectivity index (χ2n) is 7.55. The molecule has 0 atom stereocenters. The molecule has 1 amide bonds. The Kier molecular flexibility index (Phi) is 5.19. The van der Waals surface area contributed by atoms with Crippen LogP contribution in [-0.4, -0.2) is 49.6 Å². The number of imidazole rings is 1. The molecule has 1 saturated heterocycles. The molecule has 0 aliphatic carbocycles. The van der Waals surface area contributed by atoms with Crippen molar-refractivity contribution < 1.29 is 9.53 Å². The maximum atomic E-state index is 12.9. The molecule has 0 radical (unpaired) electrons. The largest absolute Gasteiger partial charge is 0.494 e. The third kappa shape index (κ3) is 3.40. The van der Waals surface area contributed by atoms with Gasteiger partial charge in [-0.1, -0.05) is 6.07 Å². The number of benzene rings is 1. The highest BCUT2D eigenvalue weighted by atomic mass is 16.5. The average Bonchev–Trinajstić information content (AvgIpc) is 3.22. The van der Waals surface area contributed by atoms with E-state index in [-0.39, 0.29) is 17.4 Å². The van der Waals surface area contributed by atoms with Gasteiger partial charge in [0.15, 0.2) is 5.65 Å². The first-order valence-corrected chi connectivity index (χ1v) is 10.1. The zero-order valence-electron chi connectivity index (χ0n) is 17.3. The van der Waals surface area contributed by atoms with E-state index in [0.717, 1.165) is 17.4 Å². The van der Waals surface area contributed by atoms with Crippen LogP contribution >= 0.6 is 0 Å².